The second-order valence-corrected chi connectivity index (χ2v) is 6.47. The van der Waals surface area contributed by atoms with Gasteiger partial charge in [0.15, 0.2) is 30.6 Å². The van der Waals surface area contributed by atoms with Gasteiger partial charge in [0.2, 0.25) is 0 Å². The minimum Gasteiger partial charge on any atom is -0.494 e. The lowest BCUT2D eigenvalue weighted by Gasteiger charge is -2.09. The first kappa shape index (κ1) is 21.8. The first-order chi connectivity index (χ1) is 15.0. The smallest absolute Gasteiger partial charge is 0.344 e. The summed E-state index contributed by atoms with van der Waals surface area (Å²) in [5, 5.41) is 0. The highest BCUT2D eigenvalue weighted by Gasteiger charge is 2.13. The Morgan fingerprint density at radius 1 is 0.839 bits per heavy atom. The highest BCUT2D eigenvalue weighted by Crippen LogP contribution is 2.19. The number of halogens is 1. The van der Waals surface area contributed by atoms with Crippen molar-refractivity contribution in [1.82, 2.24) is 0 Å². The summed E-state index contributed by atoms with van der Waals surface area (Å²) < 4.78 is 34.4. The lowest BCUT2D eigenvalue weighted by Crippen LogP contribution is -2.19. The van der Waals surface area contributed by atoms with Gasteiger partial charge in [-0.1, -0.05) is 30.3 Å². The normalized spacial score (nSPS) is 10.3. The van der Waals surface area contributed by atoms with Gasteiger partial charge in [0.25, 0.3) is 0 Å². The number of ether oxygens (including phenoxy) is 4. The molecule has 0 bridgehead atoms. The first-order valence-corrected chi connectivity index (χ1v) is 9.47. The van der Waals surface area contributed by atoms with Crippen LogP contribution in [0.3, 0.4) is 0 Å². The summed E-state index contributed by atoms with van der Waals surface area (Å²) in [5.74, 6) is -0.775. The quantitative estimate of drug-likeness (QED) is 0.359. The molecule has 160 valence electrons. The second kappa shape index (κ2) is 10.8. The predicted molar refractivity (Wildman–Crippen MR) is 111 cm³/mol. The zero-order valence-corrected chi connectivity index (χ0v) is 16.9. The van der Waals surface area contributed by atoms with E-state index in [1.165, 1.54) is 19.2 Å². The lowest BCUT2D eigenvalue weighted by atomic mass is 10.1. The average molecular weight is 424 g/mol. The van der Waals surface area contributed by atoms with Crippen molar-refractivity contribution in [2.75, 3.05) is 20.3 Å². The summed E-state index contributed by atoms with van der Waals surface area (Å²) in [6, 6.07) is 20.3. The Labute approximate surface area is 179 Å². The third kappa shape index (κ3) is 6.57. The fourth-order valence-corrected chi connectivity index (χ4v) is 2.63. The molecule has 0 heterocycles. The monoisotopic (exact) mass is 424 g/mol. The van der Waals surface area contributed by atoms with Gasteiger partial charge in [-0.3, -0.25) is 4.79 Å². The van der Waals surface area contributed by atoms with Crippen molar-refractivity contribution < 1.29 is 32.9 Å². The molecular weight excluding hydrogens is 403 g/mol. The van der Waals surface area contributed by atoms with Crippen LogP contribution in [0.5, 0.6) is 17.2 Å². The van der Waals surface area contributed by atoms with Crippen LogP contribution in [-0.2, 0) is 16.1 Å². The Morgan fingerprint density at radius 2 is 1.52 bits per heavy atom. The molecule has 0 saturated heterocycles. The van der Waals surface area contributed by atoms with Crippen LogP contribution < -0.4 is 14.2 Å². The summed E-state index contributed by atoms with van der Waals surface area (Å²) >= 11 is 0. The molecule has 3 aromatic rings. The Bertz CT molecular complexity index is 1020. The Morgan fingerprint density at radius 3 is 2.16 bits per heavy atom. The summed E-state index contributed by atoms with van der Waals surface area (Å²) in [7, 11) is 1.33. The Kier molecular flexibility index (Phi) is 7.59. The van der Waals surface area contributed by atoms with Crippen molar-refractivity contribution in [3.8, 4) is 17.2 Å². The lowest BCUT2D eigenvalue weighted by molar-refractivity contribution is -0.144. The largest absolute Gasteiger partial charge is 0.494 e. The van der Waals surface area contributed by atoms with E-state index in [0.29, 0.717) is 18.1 Å². The Balaban J connectivity index is 1.41. The Hall–Kier alpha value is -3.87. The molecule has 0 unspecified atom stereocenters. The number of benzene rings is 3. The molecule has 0 atom stereocenters. The molecule has 3 rings (SSSR count). The highest BCUT2D eigenvalue weighted by molar-refractivity contribution is 5.98. The van der Waals surface area contributed by atoms with Gasteiger partial charge in [0.1, 0.15) is 18.1 Å². The number of methoxy groups -OCH3 is 1. The maximum absolute atomic E-state index is 13.7. The number of esters is 1. The van der Waals surface area contributed by atoms with Crippen LogP contribution in [0.25, 0.3) is 0 Å². The van der Waals surface area contributed by atoms with E-state index in [4.69, 9.17) is 18.9 Å². The van der Waals surface area contributed by atoms with Gasteiger partial charge in [-0.05, 0) is 48.0 Å². The van der Waals surface area contributed by atoms with E-state index in [2.05, 4.69) is 0 Å². The van der Waals surface area contributed by atoms with E-state index in [9.17, 15) is 14.0 Å². The van der Waals surface area contributed by atoms with E-state index in [-0.39, 0.29) is 17.9 Å². The van der Waals surface area contributed by atoms with Gasteiger partial charge in [0, 0.05) is 5.56 Å². The molecule has 3 aromatic carbocycles. The fourth-order valence-electron chi connectivity index (χ4n) is 2.63. The molecular formula is C24H21FO6. The number of carbonyl (C=O) groups is 2. The van der Waals surface area contributed by atoms with Crippen LogP contribution in [0.1, 0.15) is 15.9 Å². The number of ketones is 1. The van der Waals surface area contributed by atoms with Crippen molar-refractivity contribution in [2.45, 2.75) is 6.61 Å². The van der Waals surface area contributed by atoms with Crippen molar-refractivity contribution in [3.63, 3.8) is 0 Å². The molecule has 0 radical (unpaired) electrons. The van der Waals surface area contributed by atoms with E-state index in [0.717, 1.165) is 11.6 Å². The van der Waals surface area contributed by atoms with Crippen molar-refractivity contribution in [2.24, 2.45) is 0 Å². The van der Waals surface area contributed by atoms with Gasteiger partial charge in [-0.25, -0.2) is 9.18 Å². The molecule has 0 spiro atoms. The van der Waals surface area contributed by atoms with Crippen LogP contribution in [0, 0.1) is 5.82 Å². The molecule has 0 N–H and O–H groups in total. The molecule has 6 nitrogen and oxygen atoms in total. The standard InChI is InChI=1S/C24H21FO6/c1-28-23-12-7-18(13-21(23)25)22(26)15-31-24(27)16-30-20-10-8-19(9-11-20)29-14-17-5-3-2-4-6-17/h2-13H,14-16H2,1H3. The predicted octanol–water partition coefficient (Wildman–Crippen LogP) is 4.22. The van der Waals surface area contributed by atoms with E-state index < -0.39 is 24.2 Å². The van der Waals surface area contributed by atoms with Crippen LogP contribution in [0.15, 0.2) is 72.8 Å². The van der Waals surface area contributed by atoms with Crippen molar-refractivity contribution in [1.29, 1.82) is 0 Å². The van der Waals surface area contributed by atoms with Crippen LogP contribution >= 0.6 is 0 Å². The summed E-state index contributed by atoms with van der Waals surface area (Å²) in [4.78, 5) is 23.9. The van der Waals surface area contributed by atoms with Crippen LogP contribution in [0.2, 0.25) is 0 Å². The molecule has 0 saturated carbocycles. The number of hydrogen-bond donors (Lipinski definition) is 0. The summed E-state index contributed by atoms with van der Waals surface area (Å²) in [6.45, 7) is -0.436. The van der Waals surface area contributed by atoms with E-state index in [1.54, 1.807) is 24.3 Å². The van der Waals surface area contributed by atoms with E-state index in [1.807, 2.05) is 30.3 Å². The molecule has 0 aliphatic carbocycles. The van der Waals surface area contributed by atoms with Crippen LogP contribution in [0.4, 0.5) is 4.39 Å². The van der Waals surface area contributed by atoms with Crippen molar-refractivity contribution >= 4 is 11.8 Å². The van der Waals surface area contributed by atoms with Gasteiger partial charge < -0.3 is 18.9 Å². The third-order valence-electron chi connectivity index (χ3n) is 4.27. The number of hydrogen-bond acceptors (Lipinski definition) is 6. The molecule has 0 aromatic heterocycles. The zero-order chi connectivity index (χ0) is 22.1. The molecule has 0 fully saturated rings. The summed E-state index contributed by atoms with van der Waals surface area (Å²) in [5.41, 5.74) is 1.13. The first-order valence-electron chi connectivity index (χ1n) is 9.47. The highest BCUT2D eigenvalue weighted by atomic mass is 19.1. The van der Waals surface area contributed by atoms with E-state index >= 15 is 0 Å². The molecule has 7 heteroatoms. The second-order valence-electron chi connectivity index (χ2n) is 6.47. The fraction of sp³-hybridized carbons (Fsp3) is 0.167. The third-order valence-corrected chi connectivity index (χ3v) is 4.27. The molecule has 0 aliphatic heterocycles. The van der Waals surface area contributed by atoms with Crippen LogP contribution in [-0.4, -0.2) is 32.1 Å². The van der Waals surface area contributed by atoms with Gasteiger partial charge in [-0.2, -0.15) is 0 Å². The molecule has 0 aliphatic rings. The SMILES string of the molecule is COc1ccc(C(=O)COC(=O)COc2ccc(OCc3ccccc3)cc2)cc1F. The van der Waals surface area contributed by atoms with Gasteiger partial charge >= 0.3 is 5.97 Å². The summed E-state index contributed by atoms with van der Waals surface area (Å²) in [6.07, 6.45) is 0. The number of Topliss-reactive ketones (excluding diaryl/α,β-unsaturated/α-hetero) is 1. The minimum absolute atomic E-state index is 0.0263. The number of rotatable bonds is 10. The molecule has 0 amide bonds. The minimum atomic E-state index is -0.716. The number of carbonyl (C=O) groups excluding carboxylic acids is 2. The van der Waals surface area contributed by atoms with Gasteiger partial charge in [0.05, 0.1) is 7.11 Å². The molecule has 31 heavy (non-hydrogen) atoms. The maximum Gasteiger partial charge on any atom is 0.344 e. The average Bonchev–Trinajstić information content (AvgIpc) is 2.81. The zero-order valence-electron chi connectivity index (χ0n) is 16.9. The van der Waals surface area contributed by atoms with Crippen molar-refractivity contribution in [3.05, 3.63) is 89.7 Å². The maximum atomic E-state index is 13.7. The van der Waals surface area contributed by atoms with Gasteiger partial charge in [-0.15, -0.1) is 0 Å². The topological polar surface area (TPSA) is 71.1 Å².